The summed E-state index contributed by atoms with van der Waals surface area (Å²) in [4.78, 5) is -0.00449. The summed E-state index contributed by atoms with van der Waals surface area (Å²) < 4.78 is 26.6. The molecular formula is C13H11Cl2NO3S. The van der Waals surface area contributed by atoms with Crippen LogP contribution in [-0.2, 0) is 16.6 Å². The highest BCUT2D eigenvalue weighted by atomic mass is 35.5. The Morgan fingerprint density at radius 3 is 2.30 bits per heavy atom. The van der Waals surface area contributed by atoms with Crippen LogP contribution in [0, 0.1) is 0 Å². The quantitative estimate of drug-likeness (QED) is 0.904. The average molecular weight is 332 g/mol. The molecule has 20 heavy (non-hydrogen) atoms. The van der Waals surface area contributed by atoms with Gasteiger partial charge in [0.1, 0.15) is 5.75 Å². The normalized spacial score (nSPS) is 11.5. The first-order valence-electron chi connectivity index (χ1n) is 5.60. The molecule has 2 N–H and O–H groups in total. The van der Waals surface area contributed by atoms with E-state index in [0.717, 1.165) is 0 Å². The molecule has 0 saturated carbocycles. The number of phenolic OH excluding ortho intramolecular Hbond substituents is 1. The van der Waals surface area contributed by atoms with Crippen molar-refractivity contribution in [1.82, 2.24) is 4.72 Å². The fourth-order valence-electron chi connectivity index (χ4n) is 1.61. The maximum atomic E-state index is 12.1. The fraction of sp³-hybridized carbons (Fsp3) is 0.0769. The Bertz CT molecular complexity index is 712. The number of benzene rings is 2. The minimum Gasteiger partial charge on any atom is -0.508 e. The highest BCUT2D eigenvalue weighted by Gasteiger charge is 2.15. The Hall–Kier alpha value is -1.27. The van der Waals surface area contributed by atoms with Gasteiger partial charge in [-0.15, -0.1) is 0 Å². The first-order valence-corrected chi connectivity index (χ1v) is 7.84. The SMILES string of the molecule is O=S(=O)(NCc1cccc(O)c1)c1cc(Cl)cc(Cl)c1. The molecule has 106 valence electrons. The van der Waals surface area contributed by atoms with Gasteiger partial charge in [-0.05, 0) is 35.9 Å². The monoisotopic (exact) mass is 331 g/mol. The van der Waals surface area contributed by atoms with E-state index in [0.29, 0.717) is 5.56 Å². The van der Waals surface area contributed by atoms with Gasteiger partial charge in [0, 0.05) is 16.6 Å². The van der Waals surface area contributed by atoms with Crippen LogP contribution < -0.4 is 4.72 Å². The summed E-state index contributed by atoms with van der Waals surface area (Å²) in [6.07, 6.45) is 0. The van der Waals surface area contributed by atoms with Crippen molar-refractivity contribution in [1.29, 1.82) is 0 Å². The van der Waals surface area contributed by atoms with E-state index in [-0.39, 0.29) is 27.2 Å². The van der Waals surface area contributed by atoms with Gasteiger partial charge in [0.05, 0.1) is 4.90 Å². The van der Waals surface area contributed by atoms with Gasteiger partial charge in [-0.2, -0.15) is 0 Å². The van der Waals surface area contributed by atoms with E-state index in [2.05, 4.69) is 4.72 Å². The van der Waals surface area contributed by atoms with Crippen LogP contribution in [0.1, 0.15) is 5.56 Å². The Kier molecular flexibility index (Phi) is 4.55. The second-order valence-corrected chi connectivity index (χ2v) is 6.74. The zero-order valence-corrected chi connectivity index (χ0v) is 12.5. The number of phenols is 1. The van der Waals surface area contributed by atoms with Crippen molar-refractivity contribution >= 4 is 33.2 Å². The number of hydrogen-bond donors (Lipinski definition) is 2. The van der Waals surface area contributed by atoms with Crippen LogP contribution in [-0.4, -0.2) is 13.5 Å². The second kappa shape index (κ2) is 6.01. The van der Waals surface area contributed by atoms with E-state index in [4.69, 9.17) is 23.2 Å². The lowest BCUT2D eigenvalue weighted by Gasteiger charge is -2.08. The Balaban J connectivity index is 2.19. The van der Waals surface area contributed by atoms with Crippen LogP contribution in [0.15, 0.2) is 47.4 Å². The number of sulfonamides is 1. The lowest BCUT2D eigenvalue weighted by atomic mass is 10.2. The average Bonchev–Trinajstić information content (AvgIpc) is 2.35. The summed E-state index contributed by atoms with van der Waals surface area (Å²) in [7, 11) is -3.72. The van der Waals surface area contributed by atoms with Crippen LogP contribution in [0.4, 0.5) is 0 Å². The largest absolute Gasteiger partial charge is 0.508 e. The Labute approximate surface area is 127 Å². The zero-order valence-electron chi connectivity index (χ0n) is 10.2. The topological polar surface area (TPSA) is 66.4 Å². The van der Waals surface area contributed by atoms with Gasteiger partial charge in [0.2, 0.25) is 10.0 Å². The molecule has 0 aliphatic heterocycles. The molecule has 0 aliphatic carbocycles. The molecular weight excluding hydrogens is 321 g/mol. The predicted octanol–water partition coefficient (Wildman–Crippen LogP) is 3.18. The molecule has 2 rings (SSSR count). The van der Waals surface area contributed by atoms with Crippen molar-refractivity contribution in [3.63, 3.8) is 0 Å². The molecule has 0 radical (unpaired) electrons. The third-order valence-corrected chi connectivity index (χ3v) is 4.34. The predicted molar refractivity (Wildman–Crippen MR) is 78.6 cm³/mol. The van der Waals surface area contributed by atoms with Crippen LogP contribution in [0.25, 0.3) is 0 Å². The summed E-state index contributed by atoms with van der Waals surface area (Å²) in [6.45, 7) is 0.0564. The molecule has 0 spiro atoms. The van der Waals surface area contributed by atoms with Gasteiger partial charge < -0.3 is 5.11 Å². The molecule has 0 saturated heterocycles. The molecule has 0 aromatic heterocycles. The summed E-state index contributed by atoms with van der Waals surface area (Å²) in [5.41, 5.74) is 0.640. The zero-order chi connectivity index (χ0) is 14.8. The number of rotatable bonds is 4. The minimum absolute atomic E-state index is 0.00449. The highest BCUT2D eigenvalue weighted by molar-refractivity contribution is 7.89. The molecule has 4 nitrogen and oxygen atoms in total. The molecule has 2 aromatic rings. The third kappa shape index (κ3) is 3.86. The standard InChI is InChI=1S/C13H11Cl2NO3S/c14-10-5-11(15)7-13(6-10)20(18,19)16-8-9-2-1-3-12(17)4-9/h1-7,16-17H,8H2. The van der Waals surface area contributed by atoms with Crippen molar-refractivity contribution in [3.8, 4) is 5.75 Å². The number of aromatic hydroxyl groups is 1. The van der Waals surface area contributed by atoms with E-state index in [9.17, 15) is 13.5 Å². The third-order valence-electron chi connectivity index (χ3n) is 2.52. The van der Waals surface area contributed by atoms with Gasteiger partial charge in [0.25, 0.3) is 0 Å². The lowest BCUT2D eigenvalue weighted by molar-refractivity contribution is 0.474. The summed E-state index contributed by atoms with van der Waals surface area (Å²) in [5, 5.41) is 9.81. The van der Waals surface area contributed by atoms with E-state index >= 15 is 0 Å². The molecule has 0 unspecified atom stereocenters. The lowest BCUT2D eigenvalue weighted by Crippen LogP contribution is -2.23. The molecule has 7 heteroatoms. The summed E-state index contributed by atoms with van der Waals surface area (Å²) in [5.74, 6) is 0.0764. The molecule has 0 atom stereocenters. The van der Waals surface area contributed by atoms with Crippen molar-refractivity contribution in [2.75, 3.05) is 0 Å². The van der Waals surface area contributed by atoms with E-state index < -0.39 is 10.0 Å². The first kappa shape index (κ1) is 15.1. The van der Waals surface area contributed by atoms with Crippen molar-refractivity contribution < 1.29 is 13.5 Å². The summed E-state index contributed by atoms with van der Waals surface area (Å²) in [6, 6.07) is 10.4. The summed E-state index contributed by atoms with van der Waals surface area (Å²) >= 11 is 11.6. The van der Waals surface area contributed by atoms with Gasteiger partial charge in [0.15, 0.2) is 0 Å². The number of halogens is 2. The van der Waals surface area contributed by atoms with E-state index in [1.165, 1.54) is 30.3 Å². The van der Waals surface area contributed by atoms with E-state index in [1.54, 1.807) is 12.1 Å². The maximum absolute atomic E-state index is 12.1. The van der Waals surface area contributed by atoms with Crippen molar-refractivity contribution in [2.24, 2.45) is 0 Å². The van der Waals surface area contributed by atoms with Gasteiger partial charge >= 0.3 is 0 Å². The number of hydrogen-bond acceptors (Lipinski definition) is 3. The first-order chi connectivity index (χ1) is 9.37. The smallest absolute Gasteiger partial charge is 0.240 e. The molecule has 0 amide bonds. The molecule has 0 aliphatic rings. The van der Waals surface area contributed by atoms with Crippen LogP contribution in [0.3, 0.4) is 0 Å². The van der Waals surface area contributed by atoms with Gasteiger partial charge in [-0.3, -0.25) is 0 Å². The van der Waals surface area contributed by atoms with Crippen molar-refractivity contribution in [2.45, 2.75) is 11.4 Å². The Morgan fingerprint density at radius 2 is 1.70 bits per heavy atom. The van der Waals surface area contributed by atoms with Gasteiger partial charge in [-0.1, -0.05) is 35.3 Å². The van der Waals surface area contributed by atoms with Gasteiger partial charge in [-0.25, -0.2) is 13.1 Å². The van der Waals surface area contributed by atoms with E-state index in [1.807, 2.05) is 0 Å². The maximum Gasteiger partial charge on any atom is 0.240 e. The highest BCUT2D eigenvalue weighted by Crippen LogP contribution is 2.22. The van der Waals surface area contributed by atoms with Crippen LogP contribution in [0.5, 0.6) is 5.75 Å². The fourth-order valence-corrected chi connectivity index (χ4v) is 3.35. The number of nitrogens with one attached hydrogen (secondary N) is 1. The Morgan fingerprint density at radius 1 is 1.05 bits per heavy atom. The van der Waals surface area contributed by atoms with Crippen LogP contribution >= 0.6 is 23.2 Å². The molecule has 2 aromatic carbocycles. The molecule has 0 bridgehead atoms. The minimum atomic E-state index is -3.72. The second-order valence-electron chi connectivity index (χ2n) is 4.10. The molecule has 0 heterocycles. The molecule has 0 fully saturated rings. The van der Waals surface area contributed by atoms with Crippen molar-refractivity contribution in [3.05, 3.63) is 58.1 Å². The van der Waals surface area contributed by atoms with Crippen LogP contribution in [0.2, 0.25) is 10.0 Å².